The number of benzene rings is 1. The number of nitrogens with zero attached hydrogens (tertiary/aromatic N) is 1. The van der Waals surface area contributed by atoms with E-state index in [9.17, 15) is 4.39 Å². The van der Waals surface area contributed by atoms with Crippen molar-refractivity contribution in [3.05, 3.63) is 35.6 Å². The molecule has 2 saturated carbocycles. The molecule has 3 nitrogen and oxygen atoms in total. The normalized spacial score (nSPS) is 21.3. The van der Waals surface area contributed by atoms with Crippen molar-refractivity contribution in [1.29, 1.82) is 0 Å². The van der Waals surface area contributed by atoms with Crippen LogP contribution in [0.5, 0.6) is 0 Å². The Morgan fingerprint density at radius 2 is 1.90 bits per heavy atom. The van der Waals surface area contributed by atoms with Crippen LogP contribution in [0.25, 0.3) is 0 Å². The van der Waals surface area contributed by atoms with Crippen LogP contribution in [-0.4, -0.2) is 25.6 Å². The van der Waals surface area contributed by atoms with Crippen LogP contribution in [0.2, 0.25) is 0 Å². The fourth-order valence-corrected chi connectivity index (χ4v) is 3.23. The number of aliphatic imine (C=N–C) groups is 1. The third-order valence-electron chi connectivity index (χ3n) is 4.82. The molecule has 2 fully saturated rings. The van der Waals surface area contributed by atoms with Crippen LogP contribution in [0, 0.1) is 5.82 Å². The predicted molar refractivity (Wildman–Crippen MR) is 84.1 cm³/mol. The van der Waals surface area contributed by atoms with Crippen LogP contribution in [0.1, 0.15) is 44.1 Å². The molecule has 4 heteroatoms. The first-order chi connectivity index (χ1) is 10.2. The third-order valence-corrected chi connectivity index (χ3v) is 4.82. The van der Waals surface area contributed by atoms with E-state index in [0.29, 0.717) is 6.04 Å². The van der Waals surface area contributed by atoms with E-state index >= 15 is 0 Å². The summed E-state index contributed by atoms with van der Waals surface area (Å²) in [7, 11) is 1.82. The Morgan fingerprint density at radius 3 is 2.48 bits per heavy atom. The van der Waals surface area contributed by atoms with Gasteiger partial charge in [-0.3, -0.25) is 4.99 Å². The number of rotatable bonds is 4. The van der Waals surface area contributed by atoms with Crippen LogP contribution in [0.3, 0.4) is 0 Å². The number of halogens is 1. The molecule has 0 spiro atoms. The number of nitrogens with one attached hydrogen (secondary N) is 2. The minimum atomic E-state index is -0.166. The molecule has 0 bridgehead atoms. The van der Waals surface area contributed by atoms with Gasteiger partial charge in [-0.05, 0) is 43.4 Å². The van der Waals surface area contributed by atoms with Crippen LogP contribution < -0.4 is 10.6 Å². The number of hydrogen-bond acceptors (Lipinski definition) is 1. The van der Waals surface area contributed by atoms with Crippen molar-refractivity contribution >= 4 is 5.96 Å². The van der Waals surface area contributed by atoms with E-state index in [2.05, 4.69) is 15.6 Å². The second-order valence-electron chi connectivity index (χ2n) is 6.34. The molecule has 21 heavy (non-hydrogen) atoms. The van der Waals surface area contributed by atoms with Crippen molar-refractivity contribution in [2.45, 2.75) is 50.0 Å². The van der Waals surface area contributed by atoms with Gasteiger partial charge < -0.3 is 10.6 Å². The summed E-state index contributed by atoms with van der Waals surface area (Å²) in [5.74, 6) is 0.733. The van der Waals surface area contributed by atoms with Crippen LogP contribution in [0.15, 0.2) is 29.3 Å². The fraction of sp³-hybridized carbons (Fsp3) is 0.588. The van der Waals surface area contributed by atoms with Gasteiger partial charge in [0.15, 0.2) is 5.96 Å². The van der Waals surface area contributed by atoms with Gasteiger partial charge in [0.2, 0.25) is 0 Å². The van der Waals surface area contributed by atoms with Crippen LogP contribution in [-0.2, 0) is 5.41 Å². The Hall–Kier alpha value is -1.58. The first-order valence-corrected chi connectivity index (χ1v) is 7.95. The fourth-order valence-electron chi connectivity index (χ4n) is 3.23. The van der Waals surface area contributed by atoms with E-state index in [1.807, 2.05) is 19.2 Å². The molecule has 0 unspecified atom stereocenters. The molecule has 1 aromatic carbocycles. The van der Waals surface area contributed by atoms with Crippen molar-refractivity contribution in [2.75, 3.05) is 13.6 Å². The van der Waals surface area contributed by atoms with Gasteiger partial charge in [0, 0.05) is 25.0 Å². The van der Waals surface area contributed by atoms with Crippen molar-refractivity contribution in [2.24, 2.45) is 4.99 Å². The summed E-state index contributed by atoms with van der Waals surface area (Å²) in [6, 6.07) is 7.51. The zero-order valence-electron chi connectivity index (χ0n) is 12.7. The molecule has 0 saturated heterocycles. The second-order valence-corrected chi connectivity index (χ2v) is 6.34. The molecular formula is C17H24FN3. The number of hydrogen-bond donors (Lipinski definition) is 2. The van der Waals surface area contributed by atoms with E-state index in [4.69, 9.17) is 0 Å². The lowest BCUT2D eigenvalue weighted by molar-refractivity contribution is 0.591. The first kappa shape index (κ1) is 14.4. The highest BCUT2D eigenvalue weighted by Crippen LogP contribution is 2.47. The van der Waals surface area contributed by atoms with Crippen LogP contribution >= 0.6 is 0 Å². The molecule has 0 amide bonds. The molecule has 0 atom stereocenters. The predicted octanol–water partition coefficient (Wildman–Crippen LogP) is 2.96. The zero-order valence-corrected chi connectivity index (χ0v) is 12.7. The van der Waals surface area contributed by atoms with Gasteiger partial charge in [0.25, 0.3) is 0 Å². The van der Waals surface area contributed by atoms with Crippen molar-refractivity contribution in [3.8, 4) is 0 Å². The molecule has 2 aliphatic rings. The zero-order chi connectivity index (χ0) is 14.7. The van der Waals surface area contributed by atoms with Crippen molar-refractivity contribution in [3.63, 3.8) is 0 Å². The average molecular weight is 289 g/mol. The molecular weight excluding hydrogens is 265 g/mol. The topological polar surface area (TPSA) is 36.4 Å². The standard InChI is InChI=1S/C17H24FN3/c1-19-16(21-15-4-2-3-5-15)20-12-17(10-11-17)13-6-8-14(18)9-7-13/h6-9,15H,2-5,10-12H2,1H3,(H2,19,20,21). The summed E-state index contributed by atoms with van der Waals surface area (Å²) in [6.45, 7) is 0.866. The summed E-state index contributed by atoms with van der Waals surface area (Å²) in [6.07, 6.45) is 7.42. The summed E-state index contributed by atoms with van der Waals surface area (Å²) in [4.78, 5) is 4.32. The summed E-state index contributed by atoms with van der Waals surface area (Å²) in [5.41, 5.74) is 1.40. The van der Waals surface area contributed by atoms with Gasteiger partial charge >= 0.3 is 0 Å². The van der Waals surface area contributed by atoms with Gasteiger partial charge in [0.05, 0.1) is 0 Å². The Bertz CT molecular complexity index is 499. The van der Waals surface area contributed by atoms with Gasteiger partial charge in [-0.25, -0.2) is 4.39 Å². The van der Waals surface area contributed by atoms with Crippen molar-refractivity contribution < 1.29 is 4.39 Å². The monoisotopic (exact) mass is 289 g/mol. The Kier molecular flexibility index (Phi) is 4.13. The van der Waals surface area contributed by atoms with Gasteiger partial charge in [-0.1, -0.05) is 25.0 Å². The second kappa shape index (κ2) is 6.04. The Balaban J connectivity index is 1.57. The third kappa shape index (κ3) is 3.36. The largest absolute Gasteiger partial charge is 0.356 e. The lowest BCUT2D eigenvalue weighted by Gasteiger charge is -2.21. The maximum atomic E-state index is 13.0. The maximum absolute atomic E-state index is 13.0. The van der Waals surface area contributed by atoms with Gasteiger partial charge in [0.1, 0.15) is 5.82 Å². The minimum Gasteiger partial charge on any atom is -0.356 e. The summed E-state index contributed by atoms with van der Waals surface area (Å²) < 4.78 is 13.0. The van der Waals surface area contributed by atoms with Gasteiger partial charge in [-0.2, -0.15) is 0 Å². The molecule has 0 aromatic heterocycles. The first-order valence-electron chi connectivity index (χ1n) is 7.95. The molecule has 2 aliphatic carbocycles. The lowest BCUT2D eigenvalue weighted by atomic mass is 9.96. The van der Waals surface area contributed by atoms with E-state index in [-0.39, 0.29) is 11.2 Å². The minimum absolute atomic E-state index is 0.166. The molecule has 3 rings (SSSR count). The highest BCUT2D eigenvalue weighted by atomic mass is 19.1. The summed E-state index contributed by atoms with van der Waals surface area (Å²) in [5, 5.41) is 6.96. The van der Waals surface area contributed by atoms with Gasteiger partial charge in [-0.15, -0.1) is 0 Å². The summed E-state index contributed by atoms with van der Waals surface area (Å²) >= 11 is 0. The highest BCUT2D eigenvalue weighted by Gasteiger charge is 2.44. The molecule has 2 N–H and O–H groups in total. The van der Waals surface area contributed by atoms with E-state index in [1.54, 1.807) is 12.1 Å². The molecule has 114 valence electrons. The van der Waals surface area contributed by atoms with Crippen molar-refractivity contribution in [1.82, 2.24) is 10.6 Å². The number of guanidine groups is 1. The Morgan fingerprint density at radius 1 is 1.24 bits per heavy atom. The Labute approximate surface area is 126 Å². The van der Waals surface area contributed by atoms with Crippen LogP contribution in [0.4, 0.5) is 4.39 Å². The van der Waals surface area contributed by atoms with E-state index in [1.165, 1.54) is 31.2 Å². The average Bonchev–Trinajstić information content (AvgIpc) is 3.12. The molecule has 0 radical (unpaired) electrons. The quantitative estimate of drug-likeness (QED) is 0.660. The molecule has 1 aromatic rings. The smallest absolute Gasteiger partial charge is 0.191 e. The van der Waals surface area contributed by atoms with E-state index < -0.39 is 0 Å². The molecule has 0 aliphatic heterocycles. The maximum Gasteiger partial charge on any atom is 0.191 e. The van der Waals surface area contributed by atoms with E-state index in [0.717, 1.165) is 25.3 Å². The molecule has 0 heterocycles. The SMILES string of the molecule is CN=C(NCC1(c2ccc(F)cc2)CC1)NC1CCCC1. The highest BCUT2D eigenvalue weighted by molar-refractivity contribution is 5.80. The lowest BCUT2D eigenvalue weighted by Crippen LogP contribution is -2.44.